The molecule has 0 unspecified atom stereocenters. The highest BCUT2D eigenvalue weighted by molar-refractivity contribution is 5.92. The number of carbonyl (C=O) groups is 2. The highest BCUT2D eigenvalue weighted by atomic mass is 16.6. The number of ether oxygens (including phenoxy) is 2. The topological polar surface area (TPSA) is 113 Å². The van der Waals surface area contributed by atoms with Gasteiger partial charge in [0.25, 0.3) is 0 Å². The Morgan fingerprint density at radius 3 is 2.23 bits per heavy atom. The van der Waals surface area contributed by atoms with Gasteiger partial charge in [-0.3, -0.25) is 0 Å². The number of benzene rings is 2. The van der Waals surface area contributed by atoms with E-state index in [9.17, 15) is 24.9 Å². The van der Waals surface area contributed by atoms with Gasteiger partial charge in [0.05, 0.1) is 5.56 Å². The molecule has 26 heavy (non-hydrogen) atoms. The van der Waals surface area contributed by atoms with Gasteiger partial charge in [-0.15, -0.1) is 0 Å². The number of rotatable bonds is 5. The Morgan fingerprint density at radius 2 is 1.65 bits per heavy atom. The number of phenols is 3. The molecule has 0 aromatic heterocycles. The molecule has 0 bridgehead atoms. The second-order valence-electron chi connectivity index (χ2n) is 6.09. The van der Waals surface area contributed by atoms with Crippen LogP contribution in [0.4, 0.5) is 0 Å². The summed E-state index contributed by atoms with van der Waals surface area (Å²) in [5, 5.41) is 28.0. The standard InChI is InChI=1S/C19H20O7/c1-10(2)12-5-4-11(3)16(8-12)26-17(22)9-25-19(24)13-6-14(20)18(23)15(21)7-13/h4-8,10,20-21,23H,9H2,1-3H3. The Labute approximate surface area is 150 Å². The van der Waals surface area contributed by atoms with Crippen LogP contribution in [-0.2, 0) is 9.53 Å². The van der Waals surface area contributed by atoms with Crippen molar-refractivity contribution in [1.29, 1.82) is 0 Å². The summed E-state index contributed by atoms with van der Waals surface area (Å²) in [6, 6.07) is 7.38. The molecule has 7 heteroatoms. The van der Waals surface area contributed by atoms with E-state index in [0.717, 1.165) is 23.3 Å². The Morgan fingerprint density at radius 1 is 1.04 bits per heavy atom. The lowest BCUT2D eigenvalue weighted by Crippen LogP contribution is -2.19. The van der Waals surface area contributed by atoms with Crippen LogP contribution < -0.4 is 4.74 Å². The van der Waals surface area contributed by atoms with Crippen molar-refractivity contribution in [3.8, 4) is 23.0 Å². The number of aryl methyl sites for hydroxylation is 1. The average molecular weight is 360 g/mol. The molecule has 0 heterocycles. The summed E-state index contributed by atoms with van der Waals surface area (Å²) in [5.41, 5.74) is 1.55. The molecular weight excluding hydrogens is 340 g/mol. The minimum atomic E-state index is -0.958. The molecular formula is C19H20O7. The summed E-state index contributed by atoms with van der Waals surface area (Å²) >= 11 is 0. The predicted octanol–water partition coefficient (Wildman–Crippen LogP) is 3.00. The lowest BCUT2D eigenvalue weighted by atomic mass is 10.0. The van der Waals surface area contributed by atoms with Crippen LogP contribution in [0.25, 0.3) is 0 Å². The molecule has 0 aliphatic heterocycles. The van der Waals surface area contributed by atoms with E-state index < -0.39 is 35.8 Å². The second-order valence-corrected chi connectivity index (χ2v) is 6.09. The van der Waals surface area contributed by atoms with Crippen LogP contribution in [0.15, 0.2) is 30.3 Å². The van der Waals surface area contributed by atoms with Crippen molar-refractivity contribution in [2.45, 2.75) is 26.7 Å². The van der Waals surface area contributed by atoms with Crippen molar-refractivity contribution >= 4 is 11.9 Å². The van der Waals surface area contributed by atoms with Gasteiger partial charge >= 0.3 is 11.9 Å². The fraction of sp³-hybridized carbons (Fsp3) is 0.263. The van der Waals surface area contributed by atoms with Gasteiger partial charge < -0.3 is 24.8 Å². The fourth-order valence-corrected chi connectivity index (χ4v) is 2.17. The normalized spacial score (nSPS) is 10.6. The maximum Gasteiger partial charge on any atom is 0.349 e. The third kappa shape index (κ3) is 4.44. The largest absolute Gasteiger partial charge is 0.504 e. The van der Waals surface area contributed by atoms with E-state index in [4.69, 9.17) is 9.47 Å². The van der Waals surface area contributed by atoms with Gasteiger partial charge in [0.1, 0.15) is 5.75 Å². The number of hydrogen-bond acceptors (Lipinski definition) is 7. The first-order valence-corrected chi connectivity index (χ1v) is 7.92. The minimum absolute atomic E-state index is 0.219. The SMILES string of the molecule is Cc1ccc(C(C)C)cc1OC(=O)COC(=O)c1cc(O)c(O)c(O)c1. The molecule has 0 atom stereocenters. The van der Waals surface area contributed by atoms with Crippen LogP contribution in [-0.4, -0.2) is 33.9 Å². The van der Waals surface area contributed by atoms with E-state index in [1.54, 1.807) is 13.0 Å². The second kappa shape index (κ2) is 7.77. The Bertz CT molecular complexity index is 817. The van der Waals surface area contributed by atoms with Gasteiger partial charge in [-0.05, 0) is 42.2 Å². The summed E-state index contributed by atoms with van der Waals surface area (Å²) in [6.45, 7) is 5.17. The lowest BCUT2D eigenvalue weighted by molar-refractivity contribution is -0.137. The summed E-state index contributed by atoms with van der Waals surface area (Å²) in [5.74, 6) is -3.18. The number of phenolic OH excluding ortho intramolecular Hbond substituents is 3. The zero-order valence-corrected chi connectivity index (χ0v) is 14.6. The van der Waals surface area contributed by atoms with Crippen LogP contribution in [0.2, 0.25) is 0 Å². The molecule has 2 rings (SSSR count). The van der Waals surface area contributed by atoms with E-state index in [1.165, 1.54) is 0 Å². The van der Waals surface area contributed by atoms with Gasteiger partial charge in [-0.25, -0.2) is 9.59 Å². The van der Waals surface area contributed by atoms with E-state index in [0.29, 0.717) is 5.75 Å². The van der Waals surface area contributed by atoms with Gasteiger partial charge in [0.15, 0.2) is 23.9 Å². The number of carbonyl (C=O) groups excluding carboxylic acids is 2. The molecule has 7 nitrogen and oxygen atoms in total. The lowest BCUT2D eigenvalue weighted by Gasteiger charge is -2.12. The first kappa shape index (κ1) is 19.1. The molecule has 0 saturated carbocycles. The van der Waals surface area contributed by atoms with Crippen LogP contribution >= 0.6 is 0 Å². The van der Waals surface area contributed by atoms with Crippen LogP contribution in [0.1, 0.15) is 41.3 Å². The van der Waals surface area contributed by atoms with Crippen molar-refractivity contribution in [1.82, 2.24) is 0 Å². The van der Waals surface area contributed by atoms with E-state index in [2.05, 4.69) is 0 Å². The van der Waals surface area contributed by atoms with Crippen molar-refractivity contribution in [2.24, 2.45) is 0 Å². The smallest absolute Gasteiger partial charge is 0.349 e. The number of esters is 2. The number of aromatic hydroxyl groups is 3. The molecule has 0 radical (unpaired) electrons. The van der Waals surface area contributed by atoms with Gasteiger partial charge in [0, 0.05) is 0 Å². The molecule has 2 aromatic carbocycles. The van der Waals surface area contributed by atoms with Gasteiger partial charge in [-0.1, -0.05) is 26.0 Å². The fourth-order valence-electron chi connectivity index (χ4n) is 2.17. The molecule has 0 fully saturated rings. The highest BCUT2D eigenvalue weighted by Gasteiger charge is 2.17. The number of hydrogen-bond donors (Lipinski definition) is 3. The van der Waals surface area contributed by atoms with Crippen molar-refractivity contribution in [2.75, 3.05) is 6.61 Å². The summed E-state index contributed by atoms with van der Waals surface area (Å²) in [6.07, 6.45) is 0. The van der Waals surface area contributed by atoms with Crippen LogP contribution in [0.3, 0.4) is 0 Å². The maximum atomic E-state index is 11.9. The van der Waals surface area contributed by atoms with E-state index >= 15 is 0 Å². The van der Waals surface area contributed by atoms with Crippen molar-refractivity contribution in [3.63, 3.8) is 0 Å². The zero-order chi connectivity index (χ0) is 19.4. The molecule has 0 aliphatic carbocycles. The van der Waals surface area contributed by atoms with Gasteiger partial charge in [0.2, 0.25) is 0 Å². The van der Waals surface area contributed by atoms with Crippen LogP contribution in [0.5, 0.6) is 23.0 Å². The molecule has 0 spiro atoms. The van der Waals surface area contributed by atoms with Gasteiger partial charge in [-0.2, -0.15) is 0 Å². The third-order valence-corrected chi connectivity index (χ3v) is 3.73. The molecule has 3 N–H and O–H groups in total. The van der Waals surface area contributed by atoms with Crippen LogP contribution in [0, 0.1) is 6.92 Å². The summed E-state index contributed by atoms with van der Waals surface area (Å²) < 4.78 is 10.0. The molecule has 0 aliphatic rings. The first-order valence-electron chi connectivity index (χ1n) is 7.92. The molecule has 0 saturated heterocycles. The summed E-state index contributed by atoms with van der Waals surface area (Å²) in [4.78, 5) is 23.8. The van der Waals surface area contributed by atoms with Crippen molar-refractivity contribution < 1.29 is 34.4 Å². The quantitative estimate of drug-likeness (QED) is 0.427. The Balaban J connectivity index is 2.01. The monoisotopic (exact) mass is 360 g/mol. The molecule has 0 amide bonds. The van der Waals surface area contributed by atoms with Crippen molar-refractivity contribution in [3.05, 3.63) is 47.0 Å². The first-order chi connectivity index (χ1) is 12.2. The third-order valence-electron chi connectivity index (χ3n) is 3.73. The minimum Gasteiger partial charge on any atom is -0.504 e. The average Bonchev–Trinajstić information content (AvgIpc) is 2.58. The Hall–Kier alpha value is -3.22. The maximum absolute atomic E-state index is 11.9. The molecule has 138 valence electrons. The van der Waals surface area contributed by atoms with E-state index in [-0.39, 0.29) is 11.5 Å². The highest BCUT2D eigenvalue weighted by Crippen LogP contribution is 2.35. The predicted molar refractivity (Wildman–Crippen MR) is 92.6 cm³/mol. The molecule has 2 aromatic rings. The Kier molecular flexibility index (Phi) is 5.71. The summed E-state index contributed by atoms with van der Waals surface area (Å²) in [7, 11) is 0. The zero-order valence-electron chi connectivity index (χ0n) is 14.6. The van der Waals surface area contributed by atoms with E-state index in [1.807, 2.05) is 26.0 Å².